The fraction of sp³-hybridized carbons (Fsp3) is 0.133. The fourth-order valence-corrected chi connectivity index (χ4v) is 1.67. The standard InChI is InChI=1S/C15H17N3O2/c16-14-9-5-4-8-13(14)10-17-18-15(19)20-11-12-6-2-1-3-7-12/h1-9,17H,10-11,16H2,(H,18,19). The van der Waals surface area contributed by atoms with Gasteiger partial charge in [-0.15, -0.1) is 0 Å². The molecular formula is C15H17N3O2. The summed E-state index contributed by atoms with van der Waals surface area (Å²) in [7, 11) is 0. The van der Waals surface area contributed by atoms with Gasteiger partial charge in [0.1, 0.15) is 6.61 Å². The molecule has 0 saturated heterocycles. The van der Waals surface area contributed by atoms with Crippen LogP contribution in [-0.4, -0.2) is 6.09 Å². The lowest BCUT2D eigenvalue weighted by Gasteiger charge is -2.09. The molecule has 0 saturated carbocycles. The zero-order valence-electron chi connectivity index (χ0n) is 11.0. The number of carbonyl (C=O) groups excluding carboxylic acids is 1. The third-order valence-corrected chi connectivity index (χ3v) is 2.74. The number of para-hydroxylation sites is 1. The van der Waals surface area contributed by atoms with Gasteiger partial charge in [0.15, 0.2) is 0 Å². The quantitative estimate of drug-likeness (QED) is 0.575. The number of rotatable bonds is 5. The summed E-state index contributed by atoms with van der Waals surface area (Å²) >= 11 is 0. The lowest BCUT2D eigenvalue weighted by atomic mass is 10.2. The van der Waals surface area contributed by atoms with E-state index >= 15 is 0 Å². The maximum Gasteiger partial charge on any atom is 0.421 e. The molecule has 1 amide bonds. The van der Waals surface area contributed by atoms with Gasteiger partial charge in [-0.05, 0) is 17.2 Å². The summed E-state index contributed by atoms with van der Waals surface area (Å²) in [5.74, 6) is 0. The third kappa shape index (κ3) is 4.29. The highest BCUT2D eigenvalue weighted by molar-refractivity contribution is 5.66. The second-order valence-corrected chi connectivity index (χ2v) is 4.24. The molecule has 104 valence electrons. The molecule has 0 aromatic heterocycles. The molecule has 0 aliphatic carbocycles. The lowest BCUT2D eigenvalue weighted by molar-refractivity contribution is 0.134. The Morgan fingerprint density at radius 1 is 1.05 bits per heavy atom. The number of hydrogen-bond donors (Lipinski definition) is 3. The van der Waals surface area contributed by atoms with Crippen LogP contribution in [0, 0.1) is 0 Å². The molecule has 5 heteroatoms. The van der Waals surface area contributed by atoms with E-state index in [4.69, 9.17) is 10.5 Å². The Hall–Kier alpha value is -2.53. The van der Waals surface area contributed by atoms with Crippen molar-refractivity contribution in [2.24, 2.45) is 0 Å². The van der Waals surface area contributed by atoms with Crippen molar-refractivity contribution in [2.45, 2.75) is 13.2 Å². The van der Waals surface area contributed by atoms with Gasteiger partial charge in [0.2, 0.25) is 0 Å². The third-order valence-electron chi connectivity index (χ3n) is 2.74. The van der Waals surface area contributed by atoms with E-state index in [0.29, 0.717) is 12.2 Å². The molecule has 0 spiro atoms. The molecular weight excluding hydrogens is 254 g/mol. The van der Waals surface area contributed by atoms with Crippen molar-refractivity contribution in [1.29, 1.82) is 0 Å². The van der Waals surface area contributed by atoms with E-state index in [9.17, 15) is 4.79 Å². The number of nitrogen functional groups attached to an aromatic ring is 1. The molecule has 0 heterocycles. The number of nitrogens with one attached hydrogen (secondary N) is 2. The van der Waals surface area contributed by atoms with Gasteiger partial charge < -0.3 is 10.5 Å². The predicted molar refractivity (Wildman–Crippen MR) is 77.5 cm³/mol. The summed E-state index contributed by atoms with van der Waals surface area (Å²) in [6.07, 6.45) is -0.525. The Morgan fingerprint density at radius 2 is 1.75 bits per heavy atom. The molecule has 0 aliphatic rings. The Bertz CT molecular complexity index is 558. The van der Waals surface area contributed by atoms with Crippen LogP contribution in [0.3, 0.4) is 0 Å². The number of nitrogens with two attached hydrogens (primary N) is 1. The van der Waals surface area contributed by atoms with Crippen molar-refractivity contribution in [1.82, 2.24) is 10.9 Å². The largest absolute Gasteiger partial charge is 0.444 e. The number of hydrogen-bond acceptors (Lipinski definition) is 4. The van der Waals surface area contributed by atoms with Crippen LogP contribution in [0.25, 0.3) is 0 Å². The molecule has 2 aromatic rings. The van der Waals surface area contributed by atoms with Crippen molar-refractivity contribution >= 4 is 11.8 Å². The summed E-state index contributed by atoms with van der Waals surface area (Å²) in [6.45, 7) is 0.676. The number of benzene rings is 2. The maximum absolute atomic E-state index is 11.5. The van der Waals surface area contributed by atoms with E-state index in [2.05, 4.69) is 10.9 Å². The molecule has 0 radical (unpaired) electrons. The zero-order chi connectivity index (χ0) is 14.2. The Balaban J connectivity index is 1.69. The average molecular weight is 271 g/mol. The van der Waals surface area contributed by atoms with E-state index in [-0.39, 0.29) is 6.61 Å². The lowest BCUT2D eigenvalue weighted by Crippen LogP contribution is -2.37. The minimum atomic E-state index is -0.525. The minimum absolute atomic E-state index is 0.238. The first-order valence-corrected chi connectivity index (χ1v) is 6.28. The van der Waals surface area contributed by atoms with Crippen molar-refractivity contribution in [2.75, 3.05) is 5.73 Å². The van der Waals surface area contributed by atoms with Gasteiger partial charge in [0, 0.05) is 12.2 Å². The molecule has 4 N–H and O–H groups in total. The highest BCUT2D eigenvalue weighted by Crippen LogP contribution is 2.09. The second kappa shape index (κ2) is 7.16. The first-order chi connectivity index (χ1) is 9.75. The first-order valence-electron chi connectivity index (χ1n) is 6.28. The molecule has 0 unspecified atom stereocenters. The van der Waals surface area contributed by atoms with Gasteiger partial charge in [0.05, 0.1) is 0 Å². The van der Waals surface area contributed by atoms with Crippen LogP contribution in [0.4, 0.5) is 10.5 Å². The Morgan fingerprint density at radius 3 is 2.50 bits per heavy atom. The van der Waals surface area contributed by atoms with E-state index in [1.807, 2.05) is 54.6 Å². The minimum Gasteiger partial charge on any atom is -0.444 e. The van der Waals surface area contributed by atoms with E-state index in [1.165, 1.54) is 0 Å². The van der Waals surface area contributed by atoms with Crippen molar-refractivity contribution < 1.29 is 9.53 Å². The van der Waals surface area contributed by atoms with Gasteiger partial charge in [-0.2, -0.15) is 0 Å². The fourth-order valence-electron chi connectivity index (χ4n) is 1.67. The molecule has 2 aromatic carbocycles. The highest BCUT2D eigenvalue weighted by atomic mass is 16.6. The van der Waals surface area contributed by atoms with E-state index in [1.54, 1.807) is 0 Å². The smallest absolute Gasteiger partial charge is 0.421 e. The molecule has 0 fully saturated rings. The summed E-state index contributed by atoms with van der Waals surface area (Å²) in [4.78, 5) is 11.5. The molecule has 2 rings (SSSR count). The average Bonchev–Trinajstić information content (AvgIpc) is 2.48. The monoisotopic (exact) mass is 271 g/mol. The van der Waals surface area contributed by atoms with Crippen LogP contribution in [0.15, 0.2) is 54.6 Å². The summed E-state index contributed by atoms with van der Waals surface area (Å²) in [5.41, 5.74) is 13.6. The highest BCUT2D eigenvalue weighted by Gasteiger charge is 2.02. The van der Waals surface area contributed by atoms with Gasteiger partial charge in [-0.1, -0.05) is 48.5 Å². The molecule has 0 atom stereocenters. The van der Waals surface area contributed by atoms with Gasteiger partial charge in [-0.25, -0.2) is 10.2 Å². The van der Waals surface area contributed by atoms with Gasteiger partial charge in [-0.3, -0.25) is 5.43 Å². The van der Waals surface area contributed by atoms with Crippen LogP contribution in [-0.2, 0) is 17.9 Å². The first kappa shape index (κ1) is 13.9. The molecule has 0 bridgehead atoms. The van der Waals surface area contributed by atoms with Gasteiger partial charge >= 0.3 is 6.09 Å². The topological polar surface area (TPSA) is 76.4 Å². The van der Waals surface area contributed by atoms with Crippen LogP contribution in [0.1, 0.15) is 11.1 Å². The normalized spacial score (nSPS) is 10.0. The number of amides is 1. The second-order valence-electron chi connectivity index (χ2n) is 4.24. The van der Waals surface area contributed by atoms with Crippen LogP contribution >= 0.6 is 0 Å². The van der Waals surface area contributed by atoms with Crippen molar-refractivity contribution in [3.63, 3.8) is 0 Å². The van der Waals surface area contributed by atoms with Gasteiger partial charge in [0.25, 0.3) is 0 Å². The maximum atomic E-state index is 11.5. The predicted octanol–water partition coefficient (Wildman–Crippen LogP) is 2.20. The SMILES string of the molecule is Nc1ccccc1CNNC(=O)OCc1ccccc1. The number of ether oxygens (including phenoxy) is 1. The summed E-state index contributed by atoms with van der Waals surface area (Å²) < 4.78 is 5.05. The summed E-state index contributed by atoms with van der Waals surface area (Å²) in [6, 6.07) is 16.9. The van der Waals surface area contributed by atoms with Crippen LogP contribution in [0.2, 0.25) is 0 Å². The van der Waals surface area contributed by atoms with Crippen molar-refractivity contribution in [3.8, 4) is 0 Å². The van der Waals surface area contributed by atoms with E-state index in [0.717, 1.165) is 11.1 Å². The number of carbonyl (C=O) groups is 1. The Kier molecular flexibility index (Phi) is 4.97. The molecule has 5 nitrogen and oxygen atoms in total. The van der Waals surface area contributed by atoms with E-state index < -0.39 is 6.09 Å². The summed E-state index contributed by atoms with van der Waals surface area (Å²) in [5, 5.41) is 0. The zero-order valence-corrected chi connectivity index (χ0v) is 11.0. The Labute approximate surface area is 117 Å². The molecule has 0 aliphatic heterocycles. The van der Waals surface area contributed by atoms with Crippen molar-refractivity contribution in [3.05, 3.63) is 65.7 Å². The molecule has 20 heavy (non-hydrogen) atoms. The number of hydrazine groups is 1. The van der Waals surface area contributed by atoms with Crippen LogP contribution in [0.5, 0.6) is 0 Å². The number of anilines is 1. The van der Waals surface area contributed by atoms with Crippen LogP contribution < -0.4 is 16.6 Å².